The fourth-order valence-electron chi connectivity index (χ4n) is 3.10. The summed E-state index contributed by atoms with van der Waals surface area (Å²) in [5.74, 6) is 0.178. The van der Waals surface area contributed by atoms with Crippen molar-refractivity contribution in [2.24, 2.45) is 0 Å². The SMILES string of the molecule is COc1ccc(C(=O)OC(C(=O)Nc2nnc(-c3ccc(OC)cc3)o2)c2ccccc2)cc1. The number of ether oxygens (including phenoxy) is 3. The highest BCUT2D eigenvalue weighted by Crippen LogP contribution is 2.25. The van der Waals surface area contributed by atoms with Crippen LogP contribution in [0.2, 0.25) is 0 Å². The second kappa shape index (κ2) is 10.3. The summed E-state index contributed by atoms with van der Waals surface area (Å²) in [6.07, 6.45) is -1.24. The van der Waals surface area contributed by atoms with Gasteiger partial charge in [-0.15, -0.1) is 5.10 Å². The Labute approximate surface area is 195 Å². The molecule has 1 aromatic heterocycles. The minimum Gasteiger partial charge on any atom is -0.497 e. The van der Waals surface area contributed by atoms with Crippen molar-refractivity contribution in [3.63, 3.8) is 0 Å². The molecular formula is C25H21N3O6. The molecule has 1 heterocycles. The van der Waals surface area contributed by atoms with Crippen LogP contribution in [0, 0.1) is 0 Å². The van der Waals surface area contributed by atoms with E-state index in [1.54, 1.807) is 86.0 Å². The predicted molar refractivity (Wildman–Crippen MR) is 123 cm³/mol. The minimum absolute atomic E-state index is 0.128. The van der Waals surface area contributed by atoms with Crippen LogP contribution in [0.25, 0.3) is 11.5 Å². The molecule has 0 aliphatic carbocycles. The zero-order valence-electron chi connectivity index (χ0n) is 18.4. The second-order valence-electron chi connectivity index (χ2n) is 7.05. The van der Waals surface area contributed by atoms with E-state index in [9.17, 15) is 9.59 Å². The number of aromatic nitrogens is 2. The minimum atomic E-state index is -1.24. The molecule has 0 bridgehead atoms. The molecule has 1 atom stereocenters. The Morgan fingerprint density at radius 2 is 1.44 bits per heavy atom. The first kappa shape index (κ1) is 22.5. The number of rotatable bonds is 8. The summed E-state index contributed by atoms with van der Waals surface area (Å²) >= 11 is 0. The lowest BCUT2D eigenvalue weighted by molar-refractivity contribution is -0.125. The molecular weight excluding hydrogens is 438 g/mol. The van der Waals surface area contributed by atoms with E-state index in [0.717, 1.165) is 0 Å². The van der Waals surface area contributed by atoms with Crippen molar-refractivity contribution in [2.75, 3.05) is 19.5 Å². The summed E-state index contributed by atoms with van der Waals surface area (Å²) in [6, 6.07) is 21.9. The molecule has 34 heavy (non-hydrogen) atoms. The fourth-order valence-corrected chi connectivity index (χ4v) is 3.10. The molecule has 9 heteroatoms. The molecule has 3 aromatic carbocycles. The monoisotopic (exact) mass is 459 g/mol. The number of amides is 1. The van der Waals surface area contributed by atoms with Crippen molar-refractivity contribution in [1.29, 1.82) is 0 Å². The molecule has 0 aliphatic heterocycles. The van der Waals surface area contributed by atoms with E-state index < -0.39 is 18.0 Å². The normalized spacial score (nSPS) is 11.4. The number of hydrogen-bond donors (Lipinski definition) is 1. The van der Waals surface area contributed by atoms with Gasteiger partial charge >= 0.3 is 12.0 Å². The first-order chi connectivity index (χ1) is 16.6. The first-order valence-corrected chi connectivity index (χ1v) is 10.3. The van der Waals surface area contributed by atoms with Crippen LogP contribution in [0.1, 0.15) is 22.0 Å². The Balaban J connectivity index is 1.52. The molecule has 1 N–H and O–H groups in total. The molecule has 0 fully saturated rings. The lowest BCUT2D eigenvalue weighted by atomic mass is 10.1. The standard InChI is InChI=1S/C25H21N3O6/c1-31-19-12-8-17(9-13-19)23-27-28-25(34-23)26-22(29)21(16-6-4-3-5-7-16)33-24(30)18-10-14-20(32-2)15-11-18/h3-15,21H,1-2H3,(H,26,28,29). The maximum Gasteiger partial charge on any atom is 0.339 e. The molecule has 0 saturated heterocycles. The maximum absolute atomic E-state index is 13.1. The van der Waals surface area contributed by atoms with E-state index in [2.05, 4.69) is 15.5 Å². The first-order valence-electron chi connectivity index (χ1n) is 10.3. The summed E-state index contributed by atoms with van der Waals surface area (Å²) in [5, 5.41) is 10.4. The third kappa shape index (κ3) is 5.21. The smallest absolute Gasteiger partial charge is 0.339 e. The van der Waals surface area contributed by atoms with Crippen molar-refractivity contribution in [3.05, 3.63) is 90.0 Å². The highest BCUT2D eigenvalue weighted by Gasteiger charge is 2.27. The number of nitrogens with one attached hydrogen (secondary N) is 1. The molecule has 0 radical (unpaired) electrons. The van der Waals surface area contributed by atoms with Crippen molar-refractivity contribution in [1.82, 2.24) is 10.2 Å². The van der Waals surface area contributed by atoms with Crippen LogP contribution in [0.5, 0.6) is 11.5 Å². The number of benzene rings is 3. The van der Waals surface area contributed by atoms with Gasteiger partial charge in [-0.1, -0.05) is 35.4 Å². The molecule has 172 valence electrons. The van der Waals surface area contributed by atoms with E-state index in [4.69, 9.17) is 18.6 Å². The van der Waals surface area contributed by atoms with Gasteiger partial charge in [0.1, 0.15) is 11.5 Å². The van der Waals surface area contributed by atoms with Crippen molar-refractivity contribution >= 4 is 17.9 Å². The molecule has 9 nitrogen and oxygen atoms in total. The topological polar surface area (TPSA) is 113 Å². The molecule has 0 saturated carbocycles. The van der Waals surface area contributed by atoms with Gasteiger partial charge < -0.3 is 18.6 Å². The number of methoxy groups -OCH3 is 2. The van der Waals surface area contributed by atoms with Crippen LogP contribution in [-0.4, -0.2) is 36.3 Å². The second-order valence-corrected chi connectivity index (χ2v) is 7.05. The van der Waals surface area contributed by atoms with Crippen LogP contribution < -0.4 is 14.8 Å². The van der Waals surface area contributed by atoms with Crippen LogP contribution in [-0.2, 0) is 9.53 Å². The number of hydrogen-bond acceptors (Lipinski definition) is 8. The van der Waals surface area contributed by atoms with Gasteiger partial charge in [0.15, 0.2) is 0 Å². The van der Waals surface area contributed by atoms with Gasteiger partial charge in [0.05, 0.1) is 19.8 Å². The summed E-state index contributed by atoms with van der Waals surface area (Å²) in [7, 11) is 3.10. The average Bonchev–Trinajstić information content (AvgIpc) is 3.36. The fraction of sp³-hybridized carbons (Fsp3) is 0.120. The Bertz CT molecular complexity index is 1250. The lowest BCUT2D eigenvalue weighted by Crippen LogP contribution is -2.26. The number of carbonyl (C=O) groups excluding carboxylic acids is 2. The van der Waals surface area contributed by atoms with Gasteiger partial charge in [-0.3, -0.25) is 10.1 Å². The summed E-state index contributed by atoms with van der Waals surface area (Å²) in [4.78, 5) is 25.8. The quantitative estimate of drug-likeness (QED) is 0.388. The summed E-state index contributed by atoms with van der Waals surface area (Å²) < 4.78 is 21.4. The summed E-state index contributed by atoms with van der Waals surface area (Å²) in [6.45, 7) is 0. The Morgan fingerprint density at radius 3 is 2.06 bits per heavy atom. The van der Waals surface area contributed by atoms with Crippen molar-refractivity contribution < 1.29 is 28.2 Å². The largest absolute Gasteiger partial charge is 0.497 e. The third-order valence-corrected chi connectivity index (χ3v) is 4.88. The molecule has 4 aromatic rings. The van der Waals surface area contributed by atoms with Gasteiger partial charge in [0.25, 0.3) is 5.91 Å². The Morgan fingerprint density at radius 1 is 0.824 bits per heavy atom. The van der Waals surface area contributed by atoms with Crippen LogP contribution >= 0.6 is 0 Å². The van der Waals surface area contributed by atoms with Crippen molar-refractivity contribution in [3.8, 4) is 23.0 Å². The number of carbonyl (C=O) groups is 2. The molecule has 1 amide bonds. The third-order valence-electron chi connectivity index (χ3n) is 4.88. The lowest BCUT2D eigenvalue weighted by Gasteiger charge is -2.17. The van der Waals surface area contributed by atoms with Gasteiger partial charge in [0, 0.05) is 11.1 Å². The van der Waals surface area contributed by atoms with Gasteiger partial charge in [-0.2, -0.15) is 0 Å². The van der Waals surface area contributed by atoms with Crippen LogP contribution in [0.3, 0.4) is 0 Å². The Hall–Kier alpha value is -4.66. The molecule has 1 unspecified atom stereocenters. The van der Waals surface area contributed by atoms with Gasteiger partial charge in [0.2, 0.25) is 12.0 Å². The van der Waals surface area contributed by atoms with Gasteiger partial charge in [-0.05, 0) is 48.5 Å². The van der Waals surface area contributed by atoms with Gasteiger partial charge in [-0.25, -0.2) is 4.79 Å². The van der Waals surface area contributed by atoms with E-state index in [0.29, 0.717) is 22.6 Å². The predicted octanol–water partition coefficient (Wildman–Crippen LogP) is 4.29. The van der Waals surface area contributed by atoms with E-state index in [1.165, 1.54) is 7.11 Å². The highest BCUT2D eigenvalue weighted by atomic mass is 16.5. The van der Waals surface area contributed by atoms with E-state index in [-0.39, 0.29) is 17.5 Å². The number of nitrogens with zero attached hydrogens (tertiary/aromatic N) is 2. The zero-order valence-corrected chi connectivity index (χ0v) is 18.4. The zero-order chi connectivity index (χ0) is 23.9. The van der Waals surface area contributed by atoms with E-state index >= 15 is 0 Å². The molecule has 0 aliphatic rings. The van der Waals surface area contributed by atoms with Crippen LogP contribution in [0.15, 0.2) is 83.3 Å². The van der Waals surface area contributed by atoms with E-state index in [1.807, 2.05) is 0 Å². The Kier molecular flexibility index (Phi) is 6.83. The van der Waals surface area contributed by atoms with Crippen molar-refractivity contribution in [2.45, 2.75) is 6.10 Å². The number of esters is 1. The number of anilines is 1. The maximum atomic E-state index is 13.1. The summed E-state index contributed by atoms with van der Waals surface area (Å²) in [5.41, 5.74) is 1.41. The average molecular weight is 459 g/mol. The molecule has 4 rings (SSSR count). The highest BCUT2D eigenvalue weighted by molar-refractivity contribution is 5.97. The van der Waals surface area contributed by atoms with Crippen LogP contribution in [0.4, 0.5) is 6.01 Å². The molecule has 0 spiro atoms.